The Morgan fingerprint density at radius 2 is 2.24 bits per heavy atom. The molecule has 2 aliphatic rings. The third kappa shape index (κ3) is 3.73. The fourth-order valence-corrected chi connectivity index (χ4v) is 3.98. The lowest BCUT2D eigenvalue weighted by Gasteiger charge is -2.26. The van der Waals surface area contributed by atoms with Gasteiger partial charge in [-0.25, -0.2) is 0 Å². The van der Waals surface area contributed by atoms with Crippen LogP contribution in [0.1, 0.15) is 26.2 Å². The Bertz CT molecular complexity index is 257. The highest BCUT2D eigenvalue weighted by Crippen LogP contribution is 2.44. The van der Waals surface area contributed by atoms with Gasteiger partial charge in [-0.15, -0.1) is 0 Å². The van der Waals surface area contributed by atoms with E-state index >= 15 is 0 Å². The topological polar surface area (TPSA) is 32.3 Å². The minimum absolute atomic E-state index is 0.328. The minimum Gasteiger partial charge on any atom is -0.396 e. The Hall–Kier alpha value is 0.0100. The third-order valence-electron chi connectivity index (χ3n) is 4.13. The van der Waals surface area contributed by atoms with Crippen LogP contribution < -0.4 is 5.32 Å². The SMILES string of the molecule is CC(NCCSCCCO)C1CC2C=CC1C2. The molecule has 0 aromatic rings. The monoisotopic (exact) mass is 255 g/mol. The average molecular weight is 255 g/mol. The first-order valence-electron chi connectivity index (χ1n) is 6.91. The summed E-state index contributed by atoms with van der Waals surface area (Å²) in [6, 6.07) is 0.661. The Kier molecular flexibility index (Phi) is 5.39. The molecule has 1 fully saturated rings. The van der Waals surface area contributed by atoms with Crippen molar-refractivity contribution < 1.29 is 5.11 Å². The number of hydrogen-bond acceptors (Lipinski definition) is 3. The zero-order valence-electron chi connectivity index (χ0n) is 10.8. The largest absolute Gasteiger partial charge is 0.396 e. The molecule has 0 saturated heterocycles. The Labute approximate surface area is 109 Å². The molecule has 0 heterocycles. The second-order valence-electron chi connectivity index (χ2n) is 5.38. The summed E-state index contributed by atoms with van der Waals surface area (Å²) < 4.78 is 0. The van der Waals surface area contributed by atoms with Gasteiger partial charge in [0, 0.05) is 24.9 Å². The van der Waals surface area contributed by atoms with Gasteiger partial charge in [0.2, 0.25) is 0 Å². The quantitative estimate of drug-likeness (QED) is 0.515. The summed E-state index contributed by atoms with van der Waals surface area (Å²) in [7, 11) is 0. The van der Waals surface area contributed by atoms with Gasteiger partial charge >= 0.3 is 0 Å². The van der Waals surface area contributed by atoms with Crippen molar-refractivity contribution in [3.63, 3.8) is 0 Å². The highest BCUT2D eigenvalue weighted by molar-refractivity contribution is 7.99. The smallest absolute Gasteiger partial charge is 0.0438 e. The predicted molar refractivity (Wildman–Crippen MR) is 75.3 cm³/mol. The van der Waals surface area contributed by atoms with Gasteiger partial charge < -0.3 is 10.4 Å². The minimum atomic E-state index is 0.328. The number of rotatable bonds is 8. The van der Waals surface area contributed by atoms with E-state index in [1.807, 2.05) is 11.8 Å². The van der Waals surface area contributed by atoms with Crippen molar-refractivity contribution in [1.29, 1.82) is 0 Å². The maximum Gasteiger partial charge on any atom is 0.0438 e. The number of allylic oxidation sites excluding steroid dienone is 2. The van der Waals surface area contributed by atoms with Crippen LogP contribution in [-0.4, -0.2) is 35.8 Å². The van der Waals surface area contributed by atoms with Gasteiger partial charge in [-0.1, -0.05) is 12.2 Å². The molecule has 2 rings (SSSR count). The summed E-state index contributed by atoms with van der Waals surface area (Å²) in [6.07, 6.45) is 8.58. The number of thioether (sulfide) groups is 1. The molecule has 98 valence electrons. The van der Waals surface area contributed by atoms with Crippen LogP contribution >= 0.6 is 11.8 Å². The van der Waals surface area contributed by atoms with Crippen molar-refractivity contribution in [1.82, 2.24) is 5.32 Å². The van der Waals surface area contributed by atoms with E-state index in [0.29, 0.717) is 12.6 Å². The summed E-state index contributed by atoms with van der Waals surface area (Å²) in [5, 5.41) is 12.3. The number of hydrogen-bond donors (Lipinski definition) is 2. The molecule has 0 aromatic carbocycles. The second-order valence-corrected chi connectivity index (χ2v) is 6.60. The molecule has 4 unspecified atom stereocenters. The van der Waals surface area contributed by atoms with Gasteiger partial charge in [-0.2, -0.15) is 11.8 Å². The number of nitrogens with one attached hydrogen (secondary N) is 1. The molecule has 1 saturated carbocycles. The fraction of sp³-hybridized carbons (Fsp3) is 0.857. The molecular weight excluding hydrogens is 230 g/mol. The van der Waals surface area contributed by atoms with E-state index in [9.17, 15) is 0 Å². The van der Waals surface area contributed by atoms with Crippen LogP contribution in [0.15, 0.2) is 12.2 Å². The molecule has 17 heavy (non-hydrogen) atoms. The van der Waals surface area contributed by atoms with Crippen molar-refractivity contribution in [2.24, 2.45) is 17.8 Å². The normalized spacial score (nSPS) is 32.2. The molecule has 0 spiro atoms. The number of fused-ring (bicyclic) bond motifs is 2. The Morgan fingerprint density at radius 3 is 2.88 bits per heavy atom. The molecule has 2 aliphatic carbocycles. The van der Waals surface area contributed by atoms with E-state index in [-0.39, 0.29) is 0 Å². The first kappa shape index (κ1) is 13.4. The fourth-order valence-electron chi connectivity index (χ4n) is 3.18. The van der Waals surface area contributed by atoms with Gasteiger partial charge in [0.15, 0.2) is 0 Å². The van der Waals surface area contributed by atoms with Gasteiger partial charge in [-0.3, -0.25) is 0 Å². The first-order chi connectivity index (χ1) is 8.31. The Morgan fingerprint density at radius 1 is 1.35 bits per heavy atom. The van der Waals surface area contributed by atoms with Crippen LogP contribution in [0.2, 0.25) is 0 Å². The maximum atomic E-state index is 8.68. The van der Waals surface area contributed by atoms with E-state index in [2.05, 4.69) is 24.4 Å². The van der Waals surface area contributed by atoms with Crippen molar-refractivity contribution in [3.8, 4) is 0 Å². The third-order valence-corrected chi connectivity index (χ3v) is 5.20. The molecule has 2 bridgehead atoms. The van der Waals surface area contributed by atoms with Crippen LogP contribution in [0.5, 0.6) is 0 Å². The first-order valence-corrected chi connectivity index (χ1v) is 8.07. The van der Waals surface area contributed by atoms with Gasteiger partial charge in [0.05, 0.1) is 0 Å². The molecule has 0 amide bonds. The molecular formula is C14H25NOS. The van der Waals surface area contributed by atoms with E-state index < -0.39 is 0 Å². The lowest BCUT2D eigenvalue weighted by molar-refractivity contribution is 0.296. The van der Waals surface area contributed by atoms with Crippen molar-refractivity contribution >= 4 is 11.8 Å². The summed E-state index contributed by atoms with van der Waals surface area (Å²) in [6.45, 7) is 3.78. The van der Waals surface area contributed by atoms with E-state index in [1.165, 1.54) is 18.6 Å². The molecule has 0 radical (unpaired) electrons. The predicted octanol–water partition coefficient (Wildman–Crippen LogP) is 2.29. The van der Waals surface area contributed by atoms with E-state index in [4.69, 9.17) is 5.11 Å². The molecule has 0 aromatic heterocycles. The summed E-state index contributed by atoms with van der Waals surface area (Å²) in [5.41, 5.74) is 0. The van der Waals surface area contributed by atoms with Crippen LogP contribution in [0, 0.1) is 17.8 Å². The van der Waals surface area contributed by atoms with Crippen molar-refractivity contribution in [3.05, 3.63) is 12.2 Å². The van der Waals surface area contributed by atoms with Crippen LogP contribution in [-0.2, 0) is 0 Å². The lowest BCUT2D eigenvalue weighted by Crippen LogP contribution is -2.36. The molecule has 0 aliphatic heterocycles. The molecule has 4 atom stereocenters. The summed E-state index contributed by atoms with van der Waals surface area (Å²) >= 11 is 1.94. The maximum absolute atomic E-state index is 8.68. The number of aliphatic hydroxyl groups is 1. The van der Waals surface area contributed by atoms with Gasteiger partial charge in [0.25, 0.3) is 0 Å². The molecule has 2 N–H and O–H groups in total. The average Bonchev–Trinajstić information content (AvgIpc) is 2.95. The highest BCUT2D eigenvalue weighted by atomic mass is 32.2. The van der Waals surface area contributed by atoms with Gasteiger partial charge in [0.1, 0.15) is 0 Å². The van der Waals surface area contributed by atoms with Crippen LogP contribution in [0.3, 0.4) is 0 Å². The molecule has 3 heteroatoms. The number of aliphatic hydroxyl groups excluding tert-OH is 1. The zero-order chi connectivity index (χ0) is 12.1. The Balaban J connectivity index is 1.55. The lowest BCUT2D eigenvalue weighted by atomic mass is 9.87. The van der Waals surface area contributed by atoms with Gasteiger partial charge in [-0.05, 0) is 49.7 Å². The molecule has 2 nitrogen and oxygen atoms in total. The standard InChI is InChI=1S/C14H25NOS/c1-11(15-5-8-17-7-2-6-16)14-10-12-3-4-13(14)9-12/h3-4,11-16H,2,5-10H2,1H3. The van der Waals surface area contributed by atoms with E-state index in [0.717, 1.165) is 36.5 Å². The zero-order valence-corrected chi connectivity index (χ0v) is 11.6. The van der Waals surface area contributed by atoms with E-state index in [1.54, 1.807) is 0 Å². The second kappa shape index (κ2) is 6.81. The van der Waals surface area contributed by atoms with Crippen molar-refractivity contribution in [2.75, 3.05) is 24.7 Å². The highest BCUT2D eigenvalue weighted by Gasteiger charge is 2.38. The summed E-state index contributed by atoms with van der Waals surface area (Å²) in [5.74, 6) is 4.86. The van der Waals surface area contributed by atoms with Crippen LogP contribution in [0.25, 0.3) is 0 Å². The van der Waals surface area contributed by atoms with Crippen LogP contribution in [0.4, 0.5) is 0 Å². The summed E-state index contributed by atoms with van der Waals surface area (Å²) in [4.78, 5) is 0. The van der Waals surface area contributed by atoms with Crippen molar-refractivity contribution in [2.45, 2.75) is 32.2 Å².